The topological polar surface area (TPSA) is 61.3 Å². The van der Waals surface area contributed by atoms with Gasteiger partial charge in [-0.3, -0.25) is 0 Å². The maximum Gasteiger partial charge on any atom is 0.330 e. The second kappa shape index (κ2) is 10.8. The molecule has 0 aliphatic heterocycles. The molecule has 0 radical (unpaired) electrons. The van der Waals surface area contributed by atoms with E-state index >= 15 is 0 Å². The zero-order valence-electron chi connectivity index (χ0n) is 8.96. The largest absolute Gasteiger partial charge is 1.00 e. The SMILES string of the molecule is C=CC(=O)OCC[N+](C)(C)C.Cl.N.[Cl-]. The fraction of sp³-hybridized carbons (Fsp3) is 0.625. The lowest BCUT2D eigenvalue weighted by Gasteiger charge is -2.23. The van der Waals surface area contributed by atoms with Crippen LogP contribution < -0.4 is 18.6 Å². The second-order valence-electron chi connectivity index (χ2n) is 3.39. The maximum absolute atomic E-state index is 10.6. The molecule has 0 amide bonds. The van der Waals surface area contributed by atoms with Gasteiger partial charge in [-0.25, -0.2) is 4.79 Å². The first-order valence-electron chi connectivity index (χ1n) is 3.55. The van der Waals surface area contributed by atoms with E-state index in [4.69, 9.17) is 4.74 Å². The Morgan fingerprint density at radius 1 is 1.43 bits per heavy atom. The maximum atomic E-state index is 10.6. The van der Waals surface area contributed by atoms with Gasteiger partial charge in [0.2, 0.25) is 0 Å². The average Bonchev–Trinajstić information content (AvgIpc) is 1.85. The Balaban J connectivity index is -0.000000167. The predicted molar refractivity (Wildman–Crippen MR) is 56.3 cm³/mol. The lowest BCUT2D eigenvalue weighted by atomic mass is 10.5. The van der Waals surface area contributed by atoms with Crippen molar-refractivity contribution in [2.24, 2.45) is 0 Å². The summed E-state index contributed by atoms with van der Waals surface area (Å²) in [4.78, 5) is 10.6. The monoisotopic (exact) mass is 246 g/mol. The van der Waals surface area contributed by atoms with Crippen LogP contribution in [0.3, 0.4) is 0 Å². The summed E-state index contributed by atoms with van der Waals surface area (Å²) in [6.45, 7) is 4.57. The zero-order valence-corrected chi connectivity index (χ0v) is 10.5. The average molecular weight is 247 g/mol. The number of halogens is 2. The van der Waals surface area contributed by atoms with Gasteiger partial charge in [0, 0.05) is 6.08 Å². The minimum atomic E-state index is -0.349. The summed E-state index contributed by atoms with van der Waals surface area (Å²) in [5, 5.41) is 0. The highest BCUT2D eigenvalue weighted by Crippen LogP contribution is 1.89. The van der Waals surface area contributed by atoms with Gasteiger partial charge in [0.15, 0.2) is 0 Å². The van der Waals surface area contributed by atoms with Gasteiger partial charge in [-0.05, 0) is 0 Å². The Morgan fingerprint density at radius 3 is 2.14 bits per heavy atom. The number of quaternary nitrogens is 1. The number of rotatable bonds is 4. The van der Waals surface area contributed by atoms with E-state index < -0.39 is 0 Å². The van der Waals surface area contributed by atoms with Gasteiger partial charge in [0.05, 0.1) is 21.1 Å². The standard InChI is InChI=1S/C8H16NO2.2ClH.H3N/c1-5-8(10)11-7-6-9(2,3)4;;;/h5H,1,6-7H2,2-4H3;2*1H;1H3/q+1;;;/p-1. The molecule has 0 aromatic rings. The highest BCUT2D eigenvalue weighted by atomic mass is 35.5. The number of likely N-dealkylation sites (N-methyl/N-ethyl adjacent to an activating group) is 1. The molecule has 4 nitrogen and oxygen atoms in total. The lowest BCUT2D eigenvalue weighted by Crippen LogP contribution is -3.00. The summed E-state index contributed by atoms with van der Waals surface area (Å²) in [6.07, 6.45) is 1.18. The Bertz CT molecular complexity index is 158. The van der Waals surface area contributed by atoms with E-state index in [1.54, 1.807) is 0 Å². The Morgan fingerprint density at radius 2 is 1.86 bits per heavy atom. The van der Waals surface area contributed by atoms with Gasteiger partial charge < -0.3 is 27.8 Å². The first-order valence-corrected chi connectivity index (χ1v) is 3.55. The van der Waals surface area contributed by atoms with E-state index in [0.717, 1.165) is 11.0 Å². The van der Waals surface area contributed by atoms with E-state index in [1.165, 1.54) is 6.08 Å². The van der Waals surface area contributed by atoms with Gasteiger partial charge in [-0.2, -0.15) is 0 Å². The first-order chi connectivity index (χ1) is 4.95. The molecule has 0 spiro atoms. The van der Waals surface area contributed by atoms with Crippen molar-refractivity contribution in [2.45, 2.75) is 0 Å². The first kappa shape index (κ1) is 23.5. The molecule has 0 fully saturated rings. The van der Waals surface area contributed by atoms with Gasteiger partial charge >= 0.3 is 5.97 Å². The van der Waals surface area contributed by atoms with Crippen LogP contribution in [0.5, 0.6) is 0 Å². The van der Waals surface area contributed by atoms with Gasteiger partial charge in [-0.1, -0.05) is 6.58 Å². The Hall–Kier alpha value is -0.290. The summed E-state index contributed by atoms with van der Waals surface area (Å²) < 4.78 is 5.59. The van der Waals surface area contributed by atoms with Crippen molar-refractivity contribution in [3.8, 4) is 0 Å². The van der Waals surface area contributed by atoms with E-state index in [1.807, 2.05) is 21.1 Å². The zero-order chi connectivity index (χ0) is 8.91. The lowest BCUT2D eigenvalue weighted by molar-refractivity contribution is -0.870. The van der Waals surface area contributed by atoms with Crippen LogP contribution in [-0.2, 0) is 9.53 Å². The predicted octanol–water partition coefficient (Wildman–Crippen LogP) is -1.99. The normalized spacial score (nSPS) is 8.50. The van der Waals surface area contributed by atoms with Crippen molar-refractivity contribution >= 4 is 18.4 Å². The molecule has 0 atom stereocenters. The number of ether oxygens (including phenoxy) is 1. The summed E-state index contributed by atoms with van der Waals surface area (Å²) >= 11 is 0. The van der Waals surface area contributed by atoms with Crippen LogP contribution in [-0.4, -0.2) is 44.7 Å². The molecule has 0 saturated carbocycles. The molecule has 0 aromatic carbocycles. The molecule has 0 aliphatic carbocycles. The van der Waals surface area contributed by atoms with Crippen LogP contribution in [0.4, 0.5) is 0 Å². The molecule has 0 heterocycles. The minimum Gasteiger partial charge on any atom is -1.00 e. The fourth-order valence-corrected chi connectivity index (χ4v) is 0.479. The summed E-state index contributed by atoms with van der Waals surface area (Å²) in [5.41, 5.74) is 0. The summed E-state index contributed by atoms with van der Waals surface area (Å²) in [6, 6.07) is 0. The van der Waals surface area contributed by atoms with E-state index in [0.29, 0.717) is 6.61 Å². The fourth-order valence-electron chi connectivity index (χ4n) is 0.479. The van der Waals surface area contributed by atoms with Crippen LogP contribution >= 0.6 is 12.4 Å². The van der Waals surface area contributed by atoms with Crippen LogP contribution in [0.2, 0.25) is 0 Å². The summed E-state index contributed by atoms with van der Waals surface area (Å²) in [5.74, 6) is -0.349. The molecule has 0 aliphatic rings. The van der Waals surface area contributed by atoms with Crippen molar-refractivity contribution < 1.29 is 26.4 Å². The Kier molecular flexibility index (Phi) is 18.1. The second-order valence-corrected chi connectivity index (χ2v) is 3.39. The van der Waals surface area contributed by atoms with Crippen molar-refractivity contribution in [3.63, 3.8) is 0 Å². The number of esters is 1. The molecular formula is C8H20Cl2N2O2. The number of hydrogen-bond acceptors (Lipinski definition) is 3. The van der Waals surface area contributed by atoms with Crippen LogP contribution in [0.1, 0.15) is 0 Å². The van der Waals surface area contributed by atoms with Crippen molar-refractivity contribution in [3.05, 3.63) is 12.7 Å². The van der Waals surface area contributed by atoms with E-state index in [-0.39, 0.29) is 36.9 Å². The molecule has 0 bridgehead atoms. The quantitative estimate of drug-likeness (QED) is 0.355. The smallest absolute Gasteiger partial charge is 0.330 e. The van der Waals surface area contributed by atoms with Gasteiger partial charge in [0.25, 0.3) is 0 Å². The molecular weight excluding hydrogens is 227 g/mol. The third kappa shape index (κ3) is 17.7. The highest BCUT2D eigenvalue weighted by Gasteiger charge is 2.06. The summed E-state index contributed by atoms with van der Waals surface area (Å²) in [7, 11) is 6.13. The van der Waals surface area contributed by atoms with E-state index in [9.17, 15) is 4.79 Å². The van der Waals surface area contributed by atoms with Crippen molar-refractivity contribution in [1.29, 1.82) is 0 Å². The third-order valence-corrected chi connectivity index (χ3v) is 1.17. The number of hydrogen-bond donors (Lipinski definition) is 1. The molecule has 0 saturated heterocycles. The molecule has 0 unspecified atom stereocenters. The van der Waals surface area contributed by atoms with Gasteiger partial charge in [-0.15, -0.1) is 12.4 Å². The molecule has 14 heavy (non-hydrogen) atoms. The molecule has 3 N–H and O–H groups in total. The van der Waals surface area contributed by atoms with Gasteiger partial charge in [0.1, 0.15) is 13.2 Å². The van der Waals surface area contributed by atoms with Crippen molar-refractivity contribution in [2.75, 3.05) is 34.3 Å². The molecule has 88 valence electrons. The molecule has 0 rings (SSSR count). The third-order valence-electron chi connectivity index (χ3n) is 1.17. The number of carbonyl (C=O) groups excluding carboxylic acids is 1. The molecule has 0 aromatic heterocycles. The number of carbonyl (C=O) groups is 1. The highest BCUT2D eigenvalue weighted by molar-refractivity contribution is 5.85. The van der Waals surface area contributed by atoms with Crippen LogP contribution in [0.15, 0.2) is 12.7 Å². The van der Waals surface area contributed by atoms with E-state index in [2.05, 4.69) is 6.58 Å². The Labute approximate surface area is 98.3 Å². The number of nitrogens with zero attached hydrogens (tertiary/aromatic N) is 1. The van der Waals surface area contributed by atoms with Crippen molar-refractivity contribution in [1.82, 2.24) is 6.15 Å². The molecule has 6 heteroatoms. The minimum absolute atomic E-state index is 0. The van der Waals surface area contributed by atoms with Crippen LogP contribution in [0, 0.1) is 0 Å². The van der Waals surface area contributed by atoms with Crippen LogP contribution in [0.25, 0.3) is 0 Å².